The van der Waals surface area contributed by atoms with E-state index in [4.69, 9.17) is 11.2 Å². The third-order valence-electron chi connectivity index (χ3n) is 5.01. The first-order chi connectivity index (χ1) is 10.3. The number of aryl methyl sites for hydroxylation is 1. The summed E-state index contributed by atoms with van der Waals surface area (Å²) in [5, 5.41) is 0. The van der Waals surface area contributed by atoms with E-state index in [0.29, 0.717) is 17.9 Å². The van der Waals surface area contributed by atoms with Crippen LogP contribution in [-0.4, -0.2) is 11.4 Å². The zero-order valence-corrected chi connectivity index (χ0v) is 15.7. The van der Waals surface area contributed by atoms with Crippen molar-refractivity contribution in [2.75, 3.05) is 6.61 Å². The van der Waals surface area contributed by atoms with E-state index in [1.165, 1.54) is 17.5 Å². The molecule has 0 amide bonds. The summed E-state index contributed by atoms with van der Waals surface area (Å²) in [4.78, 5) is 0.285. The highest BCUT2D eigenvalue weighted by Gasteiger charge is 2.46. The second-order valence-corrected chi connectivity index (χ2v) is 8.66. The molecule has 0 bridgehead atoms. The molecule has 0 unspecified atom stereocenters. The van der Waals surface area contributed by atoms with Crippen LogP contribution in [0.1, 0.15) is 51.2 Å². The number of ether oxygens (including phenoxy) is 1. The van der Waals surface area contributed by atoms with Crippen LogP contribution in [0, 0.1) is 30.6 Å². The predicted octanol–water partition coefficient (Wildman–Crippen LogP) is 5.45. The maximum atomic E-state index is 6.25. The fourth-order valence-electron chi connectivity index (χ4n) is 3.54. The maximum Gasteiger partial charge on any atom is 0.108 e. The Morgan fingerprint density at radius 3 is 2.68 bits per heavy atom. The molecule has 1 fully saturated rings. The predicted molar refractivity (Wildman–Crippen MR) is 97.2 cm³/mol. The van der Waals surface area contributed by atoms with Crippen LogP contribution in [0.4, 0.5) is 0 Å². The number of benzene rings is 1. The van der Waals surface area contributed by atoms with E-state index in [1.54, 1.807) is 0 Å². The van der Waals surface area contributed by atoms with Gasteiger partial charge < -0.3 is 4.74 Å². The number of hydrogen-bond acceptors (Lipinski definition) is 1. The molecule has 0 aromatic heterocycles. The largest absolute Gasteiger partial charge is 0.356 e. The van der Waals surface area contributed by atoms with Crippen LogP contribution in [0.2, 0.25) is 0 Å². The molecule has 0 N–H and O–H groups in total. The summed E-state index contributed by atoms with van der Waals surface area (Å²) in [7, 11) is 0. The van der Waals surface area contributed by atoms with Crippen LogP contribution in [-0.2, 0) is 10.3 Å². The quantitative estimate of drug-likeness (QED) is 0.513. The average molecular weight is 363 g/mol. The van der Waals surface area contributed by atoms with E-state index in [0.717, 1.165) is 12.8 Å². The number of hydrogen-bond donors (Lipinski definition) is 0. The Morgan fingerprint density at radius 1 is 1.41 bits per heavy atom. The van der Waals surface area contributed by atoms with Gasteiger partial charge in [0.15, 0.2) is 0 Å². The van der Waals surface area contributed by atoms with Crippen LogP contribution < -0.4 is 0 Å². The second kappa shape index (κ2) is 6.77. The van der Waals surface area contributed by atoms with Crippen molar-refractivity contribution in [1.82, 2.24) is 0 Å². The van der Waals surface area contributed by atoms with Gasteiger partial charge in [-0.05, 0) is 43.1 Å². The van der Waals surface area contributed by atoms with Gasteiger partial charge in [0, 0.05) is 4.83 Å². The SMILES string of the molecule is C#CCO[C@@]1(c2cccc(C)c2)CC[C@@H](C(C)(C)C)C[C@@H]1Br. The highest BCUT2D eigenvalue weighted by atomic mass is 79.9. The average Bonchev–Trinajstić information content (AvgIpc) is 2.45. The lowest BCUT2D eigenvalue weighted by molar-refractivity contribution is -0.0717. The Bertz CT molecular complexity index is 552. The van der Waals surface area contributed by atoms with Crippen LogP contribution in [0.15, 0.2) is 24.3 Å². The molecule has 1 aromatic carbocycles. The molecule has 0 radical (unpaired) electrons. The van der Waals surface area contributed by atoms with E-state index >= 15 is 0 Å². The van der Waals surface area contributed by atoms with Gasteiger partial charge in [-0.25, -0.2) is 0 Å². The zero-order chi connectivity index (χ0) is 16.4. The van der Waals surface area contributed by atoms with Gasteiger partial charge >= 0.3 is 0 Å². The normalized spacial score (nSPS) is 29.1. The molecular weight excluding hydrogens is 336 g/mol. The number of alkyl halides is 1. The molecule has 1 aliphatic rings. The molecule has 1 aliphatic carbocycles. The van der Waals surface area contributed by atoms with Gasteiger partial charge in [-0.3, -0.25) is 0 Å². The van der Waals surface area contributed by atoms with E-state index in [2.05, 4.69) is 73.8 Å². The fourth-order valence-corrected chi connectivity index (χ4v) is 4.62. The van der Waals surface area contributed by atoms with E-state index in [9.17, 15) is 0 Å². The van der Waals surface area contributed by atoms with Crippen molar-refractivity contribution < 1.29 is 4.74 Å². The van der Waals surface area contributed by atoms with Crippen molar-refractivity contribution in [3.8, 4) is 12.3 Å². The van der Waals surface area contributed by atoms with Crippen LogP contribution in [0.5, 0.6) is 0 Å². The molecule has 120 valence electrons. The Kier molecular flexibility index (Phi) is 5.41. The zero-order valence-electron chi connectivity index (χ0n) is 14.2. The summed E-state index contributed by atoms with van der Waals surface area (Å²) in [6.07, 6.45) is 8.76. The van der Waals surface area contributed by atoms with Crippen molar-refractivity contribution >= 4 is 15.9 Å². The van der Waals surface area contributed by atoms with Gasteiger partial charge in [0.05, 0.1) is 0 Å². The molecule has 0 aliphatic heterocycles. The lowest BCUT2D eigenvalue weighted by atomic mass is 9.66. The second-order valence-electron chi connectivity index (χ2n) is 7.56. The van der Waals surface area contributed by atoms with Gasteiger partial charge in [0.25, 0.3) is 0 Å². The number of rotatable bonds is 3. The van der Waals surface area contributed by atoms with Crippen molar-refractivity contribution in [1.29, 1.82) is 0 Å². The molecule has 0 heterocycles. The molecular formula is C20H27BrO. The van der Waals surface area contributed by atoms with Crippen molar-refractivity contribution in [2.45, 2.75) is 57.4 Å². The van der Waals surface area contributed by atoms with Gasteiger partial charge in [-0.2, -0.15) is 0 Å². The Hall–Kier alpha value is -0.780. The summed E-state index contributed by atoms with van der Waals surface area (Å²) in [6, 6.07) is 8.65. The van der Waals surface area contributed by atoms with Gasteiger partial charge in [0.2, 0.25) is 0 Å². The van der Waals surface area contributed by atoms with Gasteiger partial charge in [-0.1, -0.05) is 72.5 Å². The van der Waals surface area contributed by atoms with Gasteiger partial charge in [-0.15, -0.1) is 6.42 Å². The molecule has 1 nitrogen and oxygen atoms in total. The maximum absolute atomic E-state index is 6.25. The third-order valence-corrected chi connectivity index (χ3v) is 6.12. The number of terminal acetylenes is 1. The van der Waals surface area contributed by atoms with Crippen LogP contribution in [0.3, 0.4) is 0 Å². The first-order valence-corrected chi connectivity index (χ1v) is 9.00. The fraction of sp³-hybridized carbons (Fsp3) is 0.600. The molecule has 2 rings (SSSR count). The highest BCUT2D eigenvalue weighted by Crippen LogP contribution is 2.50. The monoisotopic (exact) mass is 362 g/mol. The van der Waals surface area contributed by atoms with Crippen LogP contribution >= 0.6 is 15.9 Å². The third kappa shape index (κ3) is 3.58. The Labute approximate surface area is 144 Å². The van der Waals surface area contributed by atoms with E-state index < -0.39 is 0 Å². The lowest BCUT2D eigenvalue weighted by Crippen LogP contribution is -2.46. The van der Waals surface area contributed by atoms with E-state index in [-0.39, 0.29) is 10.4 Å². The van der Waals surface area contributed by atoms with Crippen LogP contribution in [0.25, 0.3) is 0 Å². The summed E-state index contributed by atoms with van der Waals surface area (Å²) in [5.41, 5.74) is 2.53. The Morgan fingerprint density at radius 2 is 2.14 bits per heavy atom. The smallest absolute Gasteiger partial charge is 0.108 e. The summed E-state index contributed by atoms with van der Waals surface area (Å²) in [5.74, 6) is 3.34. The molecule has 2 heteroatoms. The Balaban J connectivity index is 2.34. The standard InChI is InChI=1S/C20H27BrO/c1-6-12-22-20(17-9-7-8-15(2)13-17)11-10-16(14-18(20)21)19(3,4)5/h1,7-9,13,16,18H,10-12,14H2,2-5H3/t16-,18+,20-/m1/s1. The first-order valence-electron chi connectivity index (χ1n) is 8.08. The van der Waals surface area contributed by atoms with Crippen molar-refractivity contribution in [3.63, 3.8) is 0 Å². The van der Waals surface area contributed by atoms with Crippen molar-refractivity contribution in [3.05, 3.63) is 35.4 Å². The minimum atomic E-state index is -0.305. The first kappa shape index (κ1) is 17.6. The van der Waals surface area contributed by atoms with Gasteiger partial charge in [0.1, 0.15) is 12.2 Å². The summed E-state index contributed by atoms with van der Waals surface area (Å²) >= 11 is 3.94. The summed E-state index contributed by atoms with van der Waals surface area (Å²) in [6.45, 7) is 9.48. The lowest BCUT2D eigenvalue weighted by Gasteiger charge is -2.47. The molecule has 1 aromatic rings. The molecule has 0 spiro atoms. The number of halogens is 1. The van der Waals surface area contributed by atoms with Crippen molar-refractivity contribution in [2.24, 2.45) is 11.3 Å². The molecule has 0 saturated heterocycles. The summed E-state index contributed by atoms with van der Waals surface area (Å²) < 4.78 is 6.25. The molecule has 1 saturated carbocycles. The van der Waals surface area contributed by atoms with E-state index in [1.807, 2.05) is 0 Å². The molecule has 22 heavy (non-hydrogen) atoms. The minimum Gasteiger partial charge on any atom is -0.356 e. The minimum absolute atomic E-state index is 0.285. The topological polar surface area (TPSA) is 9.23 Å². The molecule has 3 atom stereocenters. The highest BCUT2D eigenvalue weighted by molar-refractivity contribution is 9.09.